The highest BCUT2D eigenvalue weighted by molar-refractivity contribution is 7.89. The molecule has 2 rings (SSSR count). The fourth-order valence-corrected chi connectivity index (χ4v) is 3.37. The van der Waals surface area contributed by atoms with E-state index in [0.717, 1.165) is 6.42 Å². The Hall–Kier alpha value is -1.09. The standard InChI is InChI=1S/C12H13ClN2O2S/c1-8-4-10(8)7-15-18(16,17)12-5-9(6-14)2-3-11(12)13/h2-3,5,8,10,15H,4,7H2,1H3. The predicted molar refractivity (Wildman–Crippen MR) is 68.6 cm³/mol. The Morgan fingerprint density at radius 2 is 2.22 bits per heavy atom. The number of hydrogen-bond acceptors (Lipinski definition) is 3. The van der Waals surface area contributed by atoms with E-state index in [2.05, 4.69) is 11.6 Å². The van der Waals surface area contributed by atoms with Gasteiger partial charge in [0, 0.05) is 6.54 Å². The van der Waals surface area contributed by atoms with Gasteiger partial charge in [0.15, 0.2) is 0 Å². The molecule has 2 atom stereocenters. The number of nitriles is 1. The van der Waals surface area contributed by atoms with E-state index in [1.54, 1.807) is 0 Å². The Labute approximate surface area is 112 Å². The maximum Gasteiger partial charge on any atom is 0.242 e. The van der Waals surface area contributed by atoms with Gasteiger partial charge in [-0.25, -0.2) is 13.1 Å². The van der Waals surface area contributed by atoms with Crippen LogP contribution in [0.25, 0.3) is 0 Å². The van der Waals surface area contributed by atoms with E-state index < -0.39 is 10.0 Å². The SMILES string of the molecule is CC1CC1CNS(=O)(=O)c1cc(C#N)ccc1Cl. The van der Waals surface area contributed by atoms with Gasteiger partial charge in [0.05, 0.1) is 16.7 Å². The van der Waals surface area contributed by atoms with Gasteiger partial charge in [-0.1, -0.05) is 18.5 Å². The molecule has 1 aliphatic carbocycles. The van der Waals surface area contributed by atoms with Gasteiger partial charge >= 0.3 is 0 Å². The van der Waals surface area contributed by atoms with E-state index in [4.69, 9.17) is 16.9 Å². The van der Waals surface area contributed by atoms with Crippen molar-refractivity contribution in [1.29, 1.82) is 5.26 Å². The lowest BCUT2D eigenvalue weighted by Crippen LogP contribution is -2.26. The van der Waals surface area contributed by atoms with Crippen molar-refractivity contribution < 1.29 is 8.42 Å². The molecule has 0 amide bonds. The lowest BCUT2D eigenvalue weighted by Gasteiger charge is -2.08. The maximum absolute atomic E-state index is 12.1. The van der Waals surface area contributed by atoms with Crippen LogP contribution in [0, 0.1) is 23.2 Å². The van der Waals surface area contributed by atoms with Crippen LogP contribution in [0.2, 0.25) is 5.02 Å². The predicted octanol–water partition coefficient (Wildman–Crippen LogP) is 2.15. The van der Waals surface area contributed by atoms with Gasteiger partial charge < -0.3 is 0 Å². The summed E-state index contributed by atoms with van der Waals surface area (Å²) in [7, 11) is -3.64. The number of nitrogens with zero attached hydrogens (tertiary/aromatic N) is 1. The monoisotopic (exact) mass is 284 g/mol. The van der Waals surface area contributed by atoms with E-state index in [-0.39, 0.29) is 15.5 Å². The number of benzene rings is 1. The molecule has 0 radical (unpaired) electrons. The topological polar surface area (TPSA) is 70.0 Å². The fourth-order valence-electron chi connectivity index (χ4n) is 1.76. The molecule has 1 aromatic rings. The van der Waals surface area contributed by atoms with Crippen molar-refractivity contribution in [2.75, 3.05) is 6.54 Å². The Kier molecular flexibility index (Phi) is 3.62. The molecule has 0 saturated heterocycles. The molecule has 2 unspecified atom stereocenters. The summed E-state index contributed by atoms with van der Waals surface area (Å²) in [5, 5.41) is 8.90. The second-order valence-electron chi connectivity index (χ2n) is 4.58. The molecule has 18 heavy (non-hydrogen) atoms. The molecule has 0 aromatic heterocycles. The molecule has 96 valence electrons. The zero-order valence-electron chi connectivity index (χ0n) is 9.85. The third-order valence-electron chi connectivity index (χ3n) is 3.16. The molecule has 4 nitrogen and oxygen atoms in total. The fraction of sp³-hybridized carbons (Fsp3) is 0.417. The van der Waals surface area contributed by atoms with Crippen LogP contribution in [0.4, 0.5) is 0 Å². The van der Waals surface area contributed by atoms with Crippen molar-refractivity contribution in [2.24, 2.45) is 11.8 Å². The summed E-state index contributed by atoms with van der Waals surface area (Å²) in [4.78, 5) is -0.0310. The van der Waals surface area contributed by atoms with Gasteiger partial charge in [-0.2, -0.15) is 5.26 Å². The number of halogens is 1. The van der Waals surface area contributed by atoms with Crippen LogP contribution in [0.3, 0.4) is 0 Å². The first-order chi connectivity index (χ1) is 8.44. The summed E-state index contributed by atoms with van der Waals surface area (Å²) in [6, 6.07) is 6.11. The molecular weight excluding hydrogens is 272 g/mol. The highest BCUT2D eigenvalue weighted by Gasteiger charge is 2.33. The molecule has 0 bridgehead atoms. The molecule has 1 aromatic carbocycles. The summed E-state index contributed by atoms with van der Waals surface area (Å²) in [6.45, 7) is 2.51. The molecule has 0 spiro atoms. The minimum Gasteiger partial charge on any atom is -0.211 e. The highest BCUT2D eigenvalue weighted by atomic mass is 35.5. The normalized spacial score (nSPS) is 22.5. The van der Waals surface area contributed by atoms with Crippen LogP contribution in [-0.4, -0.2) is 15.0 Å². The zero-order valence-corrected chi connectivity index (χ0v) is 11.4. The number of nitrogens with one attached hydrogen (secondary N) is 1. The lowest BCUT2D eigenvalue weighted by atomic mass is 10.2. The second-order valence-corrected chi connectivity index (χ2v) is 6.72. The highest BCUT2D eigenvalue weighted by Crippen LogP contribution is 2.37. The summed E-state index contributed by atoms with van der Waals surface area (Å²) >= 11 is 5.87. The van der Waals surface area contributed by atoms with E-state index in [1.165, 1.54) is 18.2 Å². The minimum atomic E-state index is -3.64. The van der Waals surface area contributed by atoms with Crippen LogP contribution < -0.4 is 4.72 Å². The Bertz CT molecular complexity index is 607. The minimum absolute atomic E-state index is 0.0310. The van der Waals surface area contributed by atoms with Crippen molar-refractivity contribution in [3.8, 4) is 6.07 Å². The third-order valence-corrected chi connectivity index (χ3v) is 5.07. The lowest BCUT2D eigenvalue weighted by molar-refractivity contribution is 0.574. The molecule has 0 heterocycles. The Balaban J connectivity index is 2.21. The summed E-state index contributed by atoms with van der Waals surface area (Å²) < 4.78 is 26.6. The summed E-state index contributed by atoms with van der Waals surface area (Å²) in [5.41, 5.74) is 0.277. The van der Waals surface area contributed by atoms with Gasteiger partial charge in [-0.3, -0.25) is 0 Å². The van der Waals surface area contributed by atoms with Crippen molar-refractivity contribution in [3.63, 3.8) is 0 Å². The molecule has 1 fully saturated rings. The van der Waals surface area contributed by atoms with E-state index in [0.29, 0.717) is 18.4 Å². The van der Waals surface area contributed by atoms with E-state index in [9.17, 15) is 8.42 Å². The van der Waals surface area contributed by atoms with Gasteiger partial charge in [-0.15, -0.1) is 0 Å². The van der Waals surface area contributed by atoms with Crippen molar-refractivity contribution in [1.82, 2.24) is 4.72 Å². The summed E-state index contributed by atoms with van der Waals surface area (Å²) in [5.74, 6) is 0.992. The number of sulfonamides is 1. The quantitative estimate of drug-likeness (QED) is 0.921. The average Bonchev–Trinajstić information content (AvgIpc) is 3.03. The van der Waals surface area contributed by atoms with E-state index in [1.807, 2.05) is 6.07 Å². The Morgan fingerprint density at radius 1 is 1.56 bits per heavy atom. The maximum atomic E-state index is 12.1. The van der Waals surface area contributed by atoms with Crippen molar-refractivity contribution in [3.05, 3.63) is 28.8 Å². The molecule has 1 N–H and O–H groups in total. The van der Waals surface area contributed by atoms with Gasteiger partial charge in [0.2, 0.25) is 10.0 Å². The first-order valence-electron chi connectivity index (χ1n) is 5.63. The van der Waals surface area contributed by atoms with Crippen LogP contribution in [0.1, 0.15) is 18.9 Å². The van der Waals surface area contributed by atoms with Crippen LogP contribution in [0.15, 0.2) is 23.1 Å². The molecule has 1 saturated carbocycles. The van der Waals surface area contributed by atoms with Gasteiger partial charge in [0.25, 0.3) is 0 Å². The van der Waals surface area contributed by atoms with Crippen LogP contribution in [0.5, 0.6) is 0 Å². The second kappa shape index (κ2) is 4.88. The number of hydrogen-bond donors (Lipinski definition) is 1. The van der Waals surface area contributed by atoms with Crippen LogP contribution >= 0.6 is 11.6 Å². The first-order valence-corrected chi connectivity index (χ1v) is 7.49. The van der Waals surface area contributed by atoms with E-state index >= 15 is 0 Å². The summed E-state index contributed by atoms with van der Waals surface area (Å²) in [6.07, 6.45) is 1.05. The van der Waals surface area contributed by atoms with Crippen molar-refractivity contribution >= 4 is 21.6 Å². The van der Waals surface area contributed by atoms with Gasteiger partial charge in [-0.05, 0) is 36.5 Å². The molecule has 1 aliphatic rings. The average molecular weight is 285 g/mol. The van der Waals surface area contributed by atoms with Crippen LogP contribution in [-0.2, 0) is 10.0 Å². The number of rotatable bonds is 4. The Morgan fingerprint density at radius 3 is 2.78 bits per heavy atom. The largest absolute Gasteiger partial charge is 0.242 e. The smallest absolute Gasteiger partial charge is 0.211 e. The zero-order chi connectivity index (χ0) is 13.3. The molecular formula is C12H13ClN2O2S. The molecule has 6 heteroatoms. The van der Waals surface area contributed by atoms with Crippen molar-refractivity contribution in [2.45, 2.75) is 18.2 Å². The van der Waals surface area contributed by atoms with Gasteiger partial charge in [0.1, 0.15) is 4.90 Å². The third kappa shape index (κ3) is 2.83. The first kappa shape index (κ1) is 13.3. The molecule has 0 aliphatic heterocycles.